The highest BCUT2D eigenvalue weighted by Gasteiger charge is 2.16. The standard InChI is InChI=1S/C11H12ClFN4O3S/c1-3-21(19,20)16-9-5-10(8(13)4-7(9)12)17-11(18)14-6(2)15-17/h4-5,16H,3H2,1-2H3,(H,14,15,18). The SMILES string of the molecule is CCS(=O)(=O)Nc1cc(-n2nc(C)[nH]c2=O)c(F)cc1Cl. The molecule has 0 fully saturated rings. The second-order valence-electron chi connectivity index (χ2n) is 4.22. The van der Waals surface area contributed by atoms with Gasteiger partial charge >= 0.3 is 5.69 Å². The summed E-state index contributed by atoms with van der Waals surface area (Å²) in [5, 5.41) is 3.70. The van der Waals surface area contributed by atoms with Crippen LogP contribution < -0.4 is 10.4 Å². The maximum atomic E-state index is 13.9. The zero-order valence-corrected chi connectivity index (χ0v) is 12.7. The number of halogens is 2. The molecule has 0 saturated carbocycles. The average Bonchev–Trinajstić information content (AvgIpc) is 2.71. The Bertz CT molecular complexity index is 844. The van der Waals surface area contributed by atoms with Crippen LogP contribution in [0, 0.1) is 12.7 Å². The topological polar surface area (TPSA) is 96.8 Å². The van der Waals surface area contributed by atoms with Gasteiger partial charge in [0.25, 0.3) is 0 Å². The second kappa shape index (κ2) is 5.49. The van der Waals surface area contributed by atoms with Gasteiger partial charge in [0.05, 0.1) is 16.5 Å². The molecule has 0 saturated heterocycles. The highest BCUT2D eigenvalue weighted by Crippen LogP contribution is 2.27. The van der Waals surface area contributed by atoms with E-state index in [1.165, 1.54) is 13.8 Å². The van der Waals surface area contributed by atoms with Crippen molar-refractivity contribution in [2.75, 3.05) is 10.5 Å². The van der Waals surface area contributed by atoms with Crippen LogP contribution in [0.2, 0.25) is 5.02 Å². The van der Waals surface area contributed by atoms with E-state index in [0.717, 1.165) is 16.8 Å². The van der Waals surface area contributed by atoms with Crippen LogP contribution in [-0.2, 0) is 10.0 Å². The van der Waals surface area contributed by atoms with Gasteiger partial charge < -0.3 is 0 Å². The number of sulfonamides is 1. The lowest BCUT2D eigenvalue weighted by Crippen LogP contribution is -2.19. The number of H-pyrrole nitrogens is 1. The molecule has 2 aromatic rings. The predicted molar refractivity (Wildman–Crippen MR) is 77.0 cm³/mol. The van der Waals surface area contributed by atoms with Gasteiger partial charge in [0.2, 0.25) is 10.0 Å². The highest BCUT2D eigenvalue weighted by molar-refractivity contribution is 7.92. The first-order valence-electron chi connectivity index (χ1n) is 5.89. The molecule has 0 unspecified atom stereocenters. The summed E-state index contributed by atoms with van der Waals surface area (Å²) >= 11 is 5.81. The van der Waals surface area contributed by atoms with Gasteiger partial charge in [-0.25, -0.2) is 17.6 Å². The number of aryl methyl sites for hydroxylation is 1. The molecule has 0 aliphatic heterocycles. The first-order valence-corrected chi connectivity index (χ1v) is 7.92. The zero-order chi connectivity index (χ0) is 15.8. The normalized spacial score (nSPS) is 11.6. The Morgan fingerprint density at radius 3 is 2.67 bits per heavy atom. The molecule has 114 valence electrons. The van der Waals surface area contributed by atoms with Gasteiger partial charge in [0.1, 0.15) is 11.5 Å². The van der Waals surface area contributed by atoms with Crippen LogP contribution in [0.15, 0.2) is 16.9 Å². The lowest BCUT2D eigenvalue weighted by Gasteiger charge is -2.10. The Morgan fingerprint density at radius 2 is 2.14 bits per heavy atom. The van der Waals surface area contributed by atoms with Crippen molar-refractivity contribution in [1.82, 2.24) is 14.8 Å². The van der Waals surface area contributed by atoms with Gasteiger partial charge in [-0.15, -0.1) is 0 Å². The van der Waals surface area contributed by atoms with Crippen LogP contribution in [0.3, 0.4) is 0 Å². The number of aromatic amines is 1. The summed E-state index contributed by atoms with van der Waals surface area (Å²) < 4.78 is 40.1. The summed E-state index contributed by atoms with van der Waals surface area (Å²) in [5.41, 5.74) is -0.872. The molecule has 7 nitrogen and oxygen atoms in total. The maximum Gasteiger partial charge on any atom is 0.348 e. The summed E-state index contributed by atoms with van der Waals surface area (Å²) in [5.74, 6) is -0.671. The lowest BCUT2D eigenvalue weighted by molar-refractivity contribution is 0.601. The van der Waals surface area contributed by atoms with Gasteiger partial charge in [-0.2, -0.15) is 9.78 Å². The summed E-state index contributed by atoms with van der Waals surface area (Å²) in [4.78, 5) is 14.0. The van der Waals surface area contributed by atoms with E-state index in [0.29, 0.717) is 5.82 Å². The third-order valence-electron chi connectivity index (χ3n) is 2.64. The quantitative estimate of drug-likeness (QED) is 0.883. The molecular formula is C11H12ClFN4O3S. The minimum atomic E-state index is -3.58. The fourth-order valence-electron chi connectivity index (χ4n) is 1.61. The molecule has 0 amide bonds. The van der Waals surface area contributed by atoms with Gasteiger partial charge in [-0.05, 0) is 26.0 Å². The smallest absolute Gasteiger partial charge is 0.293 e. The average molecular weight is 335 g/mol. The fraction of sp³-hybridized carbons (Fsp3) is 0.273. The predicted octanol–water partition coefficient (Wildman–Crippen LogP) is 1.42. The van der Waals surface area contributed by atoms with Gasteiger partial charge in [-0.3, -0.25) is 9.71 Å². The van der Waals surface area contributed by atoms with E-state index in [-0.39, 0.29) is 22.2 Å². The largest absolute Gasteiger partial charge is 0.348 e. The molecule has 2 rings (SSSR count). The Balaban J connectivity index is 2.59. The van der Waals surface area contributed by atoms with E-state index in [9.17, 15) is 17.6 Å². The van der Waals surface area contributed by atoms with Crippen LogP contribution in [0.5, 0.6) is 0 Å². The molecule has 0 radical (unpaired) electrons. The number of rotatable bonds is 4. The van der Waals surface area contributed by atoms with Gasteiger partial charge in [-0.1, -0.05) is 11.6 Å². The molecule has 1 aromatic carbocycles. The van der Waals surface area contributed by atoms with Crippen LogP contribution in [0.4, 0.5) is 10.1 Å². The molecule has 0 bridgehead atoms. The number of hydrogen-bond acceptors (Lipinski definition) is 4. The van der Waals surface area contributed by atoms with Crippen LogP contribution in [0.25, 0.3) is 5.69 Å². The van der Waals surface area contributed by atoms with Crippen molar-refractivity contribution in [3.8, 4) is 5.69 Å². The molecule has 10 heteroatoms. The molecule has 0 atom stereocenters. The van der Waals surface area contributed by atoms with E-state index in [4.69, 9.17) is 11.6 Å². The summed E-state index contributed by atoms with van der Waals surface area (Å²) in [6, 6.07) is 2.04. The Kier molecular flexibility index (Phi) is 4.06. The Labute approximate surface area is 124 Å². The first-order chi connectivity index (χ1) is 9.73. The van der Waals surface area contributed by atoms with Crippen molar-refractivity contribution in [2.24, 2.45) is 0 Å². The third-order valence-corrected chi connectivity index (χ3v) is 4.24. The maximum absolute atomic E-state index is 13.9. The number of nitrogens with zero attached hydrogens (tertiary/aromatic N) is 2. The summed E-state index contributed by atoms with van der Waals surface area (Å²) in [6.45, 7) is 2.98. The minimum absolute atomic E-state index is 0.0255. The molecule has 2 N–H and O–H groups in total. The van der Waals surface area contributed by atoms with E-state index in [2.05, 4.69) is 14.8 Å². The van der Waals surface area contributed by atoms with E-state index >= 15 is 0 Å². The third kappa shape index (κ3) is 3.24. The Hall–Kier alpha value is -1.87. The van der Waals surface area contributed by atoms with Crippen LogP contribution >= 0.6 is 11.6 Å². The number of benzene rings is 1. The molecule has 0 spiro atoms. The summed E-state index contributed by atoms with van der Waals surface area (Å²) in [6.07, 6.45) is 0. The number of aromatic nitrogens is 3. The van der Waals surface area contributed by atoms with E-state index < -0.39 is 21.5 Å². The van der Waals surface area contributed by atoms with Crippen molar-refractivity contribution in [3.05, 3.63) is 39.3 Å². The fourth-order valence-corrected chi connectivity index (χ4v) is 2.51. The monoisotopic (exact) mass is 334 g/mol. The molecule has 0 aliphatic carbocycles. The Morgan fingerprint density at radius 1 is 1.48 bits per heavy atom. The first kappa shape index (κ1) is 15.5. The van der Waals surface area contributed by atoms with Crippen molar-refractivity contribution >= 4 is 27.3 Å². The summed E-state index contributed by atoms with van der Waals surface area (Å²) in [7, 11) is -3.58. The number of nitrogens with one attached hydrogen (secondary N) is 2. The molecule has 21 heavy (non-hydrogen) atoms. The molecule has 0 aliphatic rings. The van der Waals surface area contributed by atoms with Crippen molar-refractivity contribution in [3.63, 3.8) is 0 Å². The molecule has 1 aromatic heterocycles. The van der Waals surface area contributed by atoms with Crippen LogP contribution in [0.1, 0.15) is 12.7 Å². The van der Waals surface area contributed by atoms with Gasteiger partial charge in [0.15, 0.2) is 5.82 Å². The lowest BCUT2D eigenvalue weighted by atomic mass is 10.2. The second-order valence-corrected chi connectivity index (χ2v) is 6.63. The van der Waals surface area contributed by atoms with Crippen molar-refractivity contribution < 1.29 is 12.8 Å². The molecular weight excluding hydrogens is 323 g/mol. The number of hydrogen-bond donors (Lipinski definition) is 2. The number of anilines is 1. The van der Waals surface area contributed by atoms with Crippen LogP contribution in [-0.4, -0.2) is 28.9 Å². The van der Waals surface area contributed by atoms with Crippen molar-refractivity contribution in [1.29, 1.82) is 0 Å². The van der Waals surface area contributed by atoms with E-state index in [1.54, 1.807) is 0 Å². The van der Waals surface area contributed by atoms with E-state index in [1.807, 2.05) is 0 Å². The zero-order valence-electron chi connectivity index (χ0n) is 11.1. The highest BCUT2D eigenvalue weighted by atomic mass is 35.5. The molecule has 1 heterocycles. The van der Waals surface area contributed by atoms with Crippen molar-refractivity contribution in [2.45, 2.75) is 13.8 Å². The minimum Gasteiger partial charge on any atom is -0.293 e. The van der Waals surface area contributed by atoms with Gasteiger partial charge in [0, 0.05) is 0 Å².